The van der Waals surface area contributed by atoms with E-state index in [-0.39, 0.29) is 0 Å². The maximum atomic E-state index is 5.84. The number of rotatable bonds is 5. The molecule has 0 aliphatic heterocycles. The van der Waals surface area contributed by atoms with Crippen LogP contribution in [0, 0.1) is 0 Å². The maximum absolute atomic E-state index is 5.84. The molecule has 3 rings (SSSR count). The highest BCUT2D eigenvalue weighted by Crippen LogP contribution is 2.41. The second-order valence-electron chi connectivity index (χ2n) is 4.51. The molecule has 2 heterocycles. The van der Waals surface area contributed by atoms with E-state index in [2.05, 4.69) is 19.9 Å². The van der Waals surface area contributed by atoms with Gasteiger partial charge < -0.3 is 10.3 Å². The summed E-state index contributed by atoms with van der Waals surface area (Å²) >= 11 is 0. The zero-order valence-electron chi connectivity index (χ0n) is 9.66. The van der Waals surface area contributed by atoms with Crippen molar-refractivity contribution in [3.63, 3.8) is 0 Å². The molecular formula is C11H16N6. The number of nitrogen functional groups attached to an aromatic ring is 1. The zero-order chi connectivity index (χ0) is 11.7. The van der Waals surface area contributed by atoms with Gasteiger partial charge in [-0.1, -0.05) is 5.21 Å². The molecule has 1 aliphatic rings. The summed E-state index contributed by atoms with van der Waals surface area (Å²) in [6, 6.07) is 0. The SMILES string of the molecule is Nc1nnn(CCCn2ccnc2)c1C1CC1. The second-order valence-corrected chi connectivity index (χ2v) is 4.51. The molecule has 0 bridgehead atoms. The quantitative estimate of drug-likeness (QED) is 0.835. The molecule has 0 unspecified atom stereocenters. The van der Waals surface area contributed by atoms with Gasteiger partial charge in [0.2, 0.25) is 0 Å². The van der Waals surface area contributed by atoms with Gasteiger partial charge in [0, 0.05) is 31.4 Å². The average molecular weight is 232 g/mol. The number of nitrogens with zero attached hydrogens (tertiary/aromatic N) is 5. The maximum Gasteiger partial charge on any atom is 0.169 e. The first-order valence-electron chi connectivity index (χ1n) is 5.99. The molecule has 2 aromatic rings. The molecule has 2 aromatic heterocycles. The minimum atomic E-state index is 0.596. The minimum absolute atomic E-state index is 0.596. The lowest BCUT2D eigenvalue weighted by Gasteiger charge is -2.06. The predicted octanol–water partition coefficient (Wildman–Crippen LogP) is 1.02. The third kappa shape index (κ3) is 2.15. The van der Waals surface area contributed by atoms with E-state index in [1.54, 1.807) is 6.20 Å². The van der Waals surface area contributed by atoms with Gasteiger partial charge >= 0.3 is 0 Å². The number of anilines is 1. The second kappa shape index (κ2) is 4.20. The fourth-order valence-electron chi connectivity index (χ4n) is 2.10. The topological polar surface area (TPSA) is 74.5 Å². The third-order valence-corrected chi connectivity index (χ3v) is 3.11. The van der Waals surface area contributed by atoms with E-state index in [1.807, 2.05) is 17.2 Å². The van der Waals surface area contributed by atoms with E-state index in [1.165, 1.54) is 12.8 Å². The van der Waals surface area contributed by atoms with Gasteiger partial charge in [0.05, 0.1) is 12.0 Å². The summed E-state index contributed by atoms with van der Waals surface area (Å²) in [6.45, 7) is 1.82. The van der Waals surface area contributed by atoms with Crippen molar-refractivity contribution in [1.29, 1.82) is 0 Å². The highest BCUT2D eigenvalue weighted by Gasteiger charge is 2.30. The molecular weight excluding hydrogens is 216 g/mol. The van der Waals surface area contributed by atoms with Crippen molar-refractivity contribution < 1.29 is 0 Å². The smallest absolute Gasteiger partial charge is 0.169 e. The molecule has 0 radical (unpaired) electrons. The Kier molecular flexibility index (Phi) is 2.55. The van der Waals surface area contributed by atoms with Crippen LogP contribution in [-0.4, -0.2) is 24.5 Å². The van der Waals surface area contributed by atoms with Crippen molar-refractivity contribution >= 4 is 5.82 Å². The van der Waals surface area contributed by atoms with Crippen LogP contribution in [-0.2, 0) is 13.1 Å². The van der Waals surface area contributed by atoms with Gasteiger partial charge in [0.1, 0.15) is 0 Å². The number of aryl methyl sites for hydroxylation is 2. The lowest BCUT2D eigenvalue weighted by molar-refractivity contribution is 0.501. The Bertz CT molecular complexity index is 482. The fraction of sp³-hybridized carbons (Fsp3) is 0.545. The minimum Gasteiger partial charge on any atom is -0.381 e. The predicted molar refractivity (Wildman–Crippen MR) is 63.3 cm³/mol. The average Bonchev–Trinajstić information content (AvgIpc) is 2.88. The van der Waals surface area contributed by atoms with Crippen molar-refractivity contribution in [2.24, 2.45) is 0 Å². The van der Waals surface area contributed by atoms with Gasteiger partial charge in [-0.05, 0) is 19.3 Å². The van der Waals surface area contributed by atoms with Crippen molar-refractivity contribution in [2.45, 2.75) is 38.3 Å². The lowest BCUT2D eigenvalue weighted by Crippen LogP contribution is -2.08. The Balaban J connectivity index is 1.61. The van der Waals surface area contributed by atoms with Crippen molar-refractivity contribution in [3.05, 3.63) is 24.4 Å². The molecule has 17 heavy (non-hydrogen) atoms. The summed E-state index contributed by atoms with van der Waals surface area (Å²) in [5.74, 6) is 1.20. The van der Waals surface area contributed by atoms with Crippen molar-refractivity contribution in [3.8, 4) is 0 Å². The number of hydrogen-bond acceptors (Lipinski definition) is 4. The Hall–Kier alpha value is -1.85. The third-order valence-electron chi connectivity index (χ3n) is 3.11. The van der Waals surface area contributed by atoms with Gasteiger partial charge in [-0.3, -0.25) is 0 Å². The number of aromatic nitrogens is 5. The molecule has 6 nitrogen and oxygen atoms in total. The Morgan fingerprint density at radius 1 is 1.35 bits per heavy atom. The van der Waals surface area contributed by atoms with E-state index in [4.69, 9.17) is 5.73 Å². The Morgan fingerprint density at radius 2 is 2.24 bits per heavy atom. The first kappa shape index (κ1) is 10.3. The van der Waals surface area contributed by atoms with Crippen LogP contribution in [0.3, 0.4) is 0 Å². The van der Waals surface area contributed by atoms with Crippen LogP contribution in [0.25, 0.3) is 0 Å². The molecule has 0 spiro atoms. The van der Waals surface area contributed by atoms with Crippen molar-refractivity contribution in [1.82, 2.24) is 24.5 Å². The van der Waals surface area contributed by atoms with Gasteiger partial charge in [-0.25, -0.2) is 9.67 Å². The van der Waals surface area contributed by atoms with Crippen LogP contribution in [0.2, 0.25) is 0 Å². The van der Waals surface area contributed by atoms with Gasteiger partial charge in [-0.15, -0.1) is 5.10 Å². The molecule has 0 saturated heterocycles. The van der Waals surface area contributed by atoms with E-state index < -0.39 is 0 Å². The van der Waals surface area contributed by atoms with Gasteiger partial charge in [0.15, 0.2) is 5.82 Å². The van der Waals surface area contributed by atoms with Crippen molar-refractivity contribution in [2.75, 3.05) is 5.73 Å². The highest BCUT2D eigenvalue weighted by atomic mass is 15.4. The summed E-state index contributed by atoms with van der Waals surface area (Å²) in [5, 5.41) is 8.08. The highest BCUT2D eigenvalue weighted by molar-refractivity contribution is 5.38. The van der Waals surface area contributed by atoms with Crippen LogP contribution < -0.4 is 5.73 Å². The van der Waals surface area contributed by atoms with Crippen LogP contribution in [0.4, 0.5) is 5.82 Å². The Morgan fingerprint density at radius 3 is 2.94 bits per heavy atom. The summed E-state index contributed by atoms with van der Waals surface area (Å²) in [6.07, 6.45) is 9.05. The molecule has 0 aromatic carbocycles. The van der Waals surface area contributed by atoms with E-state index >= 15 is 0 Å². The zero-order valence-corrected chi connectivity index (χ0v) is 9.66. The van der Waals surface area contributed by atoms with Crippen LogP contribution in [0.5, 0.6) is 0 Å². The number of imidazole rings is 1. The molecule has 0 atom stereocenters. The lowest BCUT2D eigenvalue weighted by atomic mass is 10.3. The van der Waals surface area contributed by atoms with Crippen LogP contribution in [0.15, 0.2) is 18.7 Å². The standard InChI is InChI=1S/C11H16N6/c12-11-10(9-2-3-9)17(15-14-11)6-1-5-16-7-4-13-8-16/h4,7-9H,1-3,5-6,12H2. The summed E-state index contributed by atoms with van der Waals surface area (Å²) < 4.78 is 4.03. The van der Waals surface area contributed by atoms with Crippen LogP contribution >= 0.6 is 0 Å². The molecule has 90 valence electrons. The summed E-state index contributed by atoms with van der Waals surface area (Å²) in [4.78, 5) is 4.02. The Labute approximate surface area is 99.4 Å². The normalized spacial score (nSPS) is 15.3. The summed E-state index contributed by atoms with van der Waals surface area (Å²) in [5.41, 5.74) is 6.97. The van der Waals surface area contributed by atoms with Gasteiger partial charge in [0.25, 0.3) is 0 Å². The summed E-state index contributed by atoms with van der Waals surface area (Å²) in [7, 11) is 0. The largest absolute Gasteiger partial charge is 0.381 e. The first-order valence-corrected chi connectivity index (χ1v) is 5.99. The van der Waals surface area contributed by atoms with Gasteiger partial charge in [-0.2, -0.15) is 0 Å². The molecule has 1 saturated carbocycles. The molecule has 1 fully saturated rings. The molecule has 6 heteroatoms. The van der Waals surface area contributed by atoms with E-state index in [9.17, 15) is 0 Å². The molecule has 2 N–H and O–H groups in total. The van der Waals surface area contributed by atoms with Crippen LogP contribution in [0.1, 0.15) is 30.9 Å². The first-order chi connectivity index (χ1) is 8.34. The number of nitrogens with two attached hydrogens (primary N) is 1. The fourth-order valence-corrected chi connectivity index (χ4v) is 2.10. The molecule has 1 aliphatic carbocycles. The monoisotopic (exact) mass is 232 g/mol. The number of hydrogen-bond donors (Lipinski definition) is 1. The molecule has 0 amide bonds. The van der Waals surface area contributed by atoms with E-state index in [0.29, 0.717) is 11.7 Å². The van der Waals surface area contributed by atoms with E-state index in [0.717, 1.165) is 25.2 Å².